The molecule has 1 N–H and O–H groups in total. The lowest BCUT2D eigenvalue weighted by molar-refractivity contribution is -0.220. The maximum atomic E-state index is 11.7. The molecule has 1 fully saturated rings. The number of ether oxygens (including phenoxy) is 5. The first-order valence-electron chi connectivity index (χ1n) is 12.4. The molecule has 2 unspecified atom stereocenters. The molecule has 1 heterocycles. The Bertz CT molecular complexity index is 929. The van der Waals surface area contributed by atoms with Crippen molar-refractivity contribution in [3.63, 3.8) is 0 Å². The van der Waals surface area contributed by atoms with Crippen molar-refractivity contribution < 1.29 is 28.8 Å². The van der Waals surface area contributed by atoms with Crippen molar-refractivity contribution in [3.8, 4) is 23.0 Å². The third-order valence-corrected chi connectivity index (χ3v) is 6.79. The van der Waals surface area contributed by atoms with Crippen LogP contribution in [-0.4, -0.2) is 32.5 Å². The van der Waals surface area contributed by atoms with Crippen LogP contribution in [0.25, 0.3) is 0 Å². The zero-order valence-corrected chi connectivity index (χ0v) is 21.4. The molecule has 6 nitrogen and oxygen atoms in total. The molecule has 2 aromatic rings. The molecule has 4 atom stereocenters. The van der Waals surface area contributed by atoms with Crippen LogP contribution >= 0.6 is 0 Å². The van der Waals surface area contributed by atoms with Crippen molar-refractivity contribution >= 4 is 0 Å². The number of hydrogen-bond acceptors (Lipinski definition) is 6. The first-order chi connectivity index (χ1) is 16.4. The van der Waals surface area contributed by atoms with Crippen molar-refractivity contribution in [1.29, 1.82) is 0 Å². The lowest BCUT2D eigenvalue weighted by atomic mass is 9.83. The number of rotatable bonds is 12. The van der Waals surface area contributed by atoms with Gasteiger partial charge in [-0.3, -0.25) is 0 Å². The van der Waals surface area contributed by atoms with Gasteiger partial charge in [-0.15, -0.1) is 0 Å². The van der Waals surface area contributed by atoms with Crippen LogP contribution in [0, 0.1) is 11.8 Å². The summed E-state index contributed by atoms with van der Waals surface area (Å²) in [6.45, 7) is 9.65. The van der Waals surface area contributed by atoms with Gasteiger partial charge in [0.1, 0.15) is 0 Å². The first-order valence-corrected chi connectivity index (χ1v) is 12.4. The summed E-state index contributed by atoms with van der Waals surface area (Å²) in [5.74, 6) is 1.10. The van der Waals surface area contributed by atoms with Gasteiger partial charge in [-0.05, 0) is 54.7 Å². The fourth-order valence-corrected chi connectivity index (χ4v) is 4.37. The van der Waals surface area contributed by atoms with Crippen LogP contribution in [-0.2, 0) is 10.5 Å². The van der Waals surface area contributed by atoms with Crippen molar-refractivity contribution in [2.75, 3.05) is 27.4 Å². The molecule has 0 amide bonds. The Labute approximate surface area is 204 Å². The van der Waals surface area contributed by atoms with Crippen molar-refractivity contribution in [3.05, 3.63) is 47.5 Å². The van der Waals surface area contributed by atoms with E-state index in [1.54, 1.807) is 14.2 Å². The smallest absolute Gasteiger partial charge is 0.196 e. The highest BCUT2D eigenvalue weighted by molar-refractivity contribution is 5.46. The molecular formula is C28H40O6. The summed E-state index contributed by atoms with van der Waals surface area (Å²) in [6.07, 6.45) is 3.79. The lowest BCUT2D eigenvalue weighted by Crippen LogP contribution is -2.31. The molecule has 0 aromatic heterocycles. The minimum atomic E-state index is -1.46. The number of aliphatic hydroxyl groups is 1. The van der Waals surface area contributed by atoms with E-state index >= 15 is 0 Å². The van der Waals surface area contributed by atoms with Crippen LogP contribution in [0.5, 0.6) is 23.0 Å². The largest absolute Gasteiger partial charge is 0.493 e. The molecule has 3 rings (SSSR count). The van der Waals surface area contributed by atoms with E-state index in [-0.39, 0.29) is 17.9 Å². The highest BCUT2D eigenvalue weighted by Gasteiger charge is 2.51. The molecule has 0 spiro atoms. The van der Waals surface area contributed by atoms with Crippen LogP contribution in [0.15, 0.2) is 36.4 Å². The molecule has 1 aliphatic heterocycles. The molecule has 0 saturated carbocycles. The summed E-state index contributed by atoms with van der Waals surface area (Å²) in [4.78, 5) is 0. The van der Waals surface area contributed by atoms with Crippen LogP contribution in [0.3, 0.4) is 0 Å². The Kier molecular flexibility index (Phi) is 9.09. The summed E-state index contributed by atoms with van der Waals surface area (Å²) in [6, 6.07) is 11.4. The fraction of sp³-hybridized carbons (Fsp3) is 0.571. The Balaban J connectivity index is 1.85. The van der Waals surface area contributed by atoms with Gasteiger partial charge < -0.3 is 28.8 Å². The second kappa shape index (κ2) is 11.8. The SMILES string of the molecule is CCCCOc1ccc(C2OC(O)(c3ccc(OCCCC)c(OC)c3)[C@H](C)[C@H]2C)cc1OC. The van der Waals surface area contributed by atoms with Gasteiger partial charge in [-0.1, -0.05) is 46.6 Å². The molecule has 0 bridgehead atoms. The van der Waals surface area contributed by atoms with Crippen molar-refractivity contribution in [2.24, 2.45) is 11.8 Å². The monoisotopic (exact) mass is 472 g/mol. The standard InChI is InChI=1S/C28H40O6/c1-7-9-15-32-23-13-11-21(17-25(23)30-5)27-19(3)20(4)28(29,34-27)22-12-14-24(26(18-22)31-6)33-16-10-8-2/h11-14,17-20,27,29H,7-10,15-16H2,1-6H3/t19-,20-,27?,28?/m1/s1. The highest BCUT2D eigenvalue weighted by Crippen LogP contribution is 2.53. The number of unbranched alkanes of at least 4 members (excludes halogenated alkanes) is 2. The molecule has 188 valence electrons. The van der Waals surface area contributed by atoms with E-state index in [1.807, 2.05) is 43.3 Å². The summed E-state index contributed by atoms with van der Waals surface area (Å²) < 4.78 is 29.3. The predicted octanol–water partition coefficient (Wildman–Crippen LogP) is 6.25. The van der Waals surface area contributed by atoms with Crippen LogP contribution < -0.4 is 18.9 Å². The van der Waals surface area contributed by atoms with Gasteiger partial charge in [-0.2, -0.15) is 0 Å². The normalized spacial score (nSPS) is 24.1. The summed E-state index contributed by atoms with van der Waals surface area (Å²) in [5.41, 5.74) is 1.60. The third-order valence-electron chi connectivity index (χ3n) is 6.79. The quantitative estimate of drug-likeness (QED) is 0.368. The van der Waals surface area contributed by atoms with Crippen LogP contribution in [0.4, 0.5) is 0 Å². The molecule has 2 aromatic carbocycles. The number of methoxy groups -OCH3 is 2. The number of hydrogen-bond donors (Lipinski definition) is 1. The highest BCUT2D eigenvalue weighted by atomic mass is 16.6. The van der Waals surface area contributed by atoms with E-state index in [0.29, 0.717) is 36.0 Å². The molecule has 6 heteroatoms. The topological polar surface area (TPSA) is 66.4 Å². The van der Waals surface area contributed by atoms with E-state index in [2.05, 4.69) is 20.8 Å². The van der Waals surface area contributed by atoms with Gasteiger partial charge in [0.25, 0.3) is 0 Å². The first kappa shape index (κ1) is 26.2. The Hall–Kier alpha value is -2.44. The second-order valence-corrected chi connectivity index (χ2v) is 9.06. The van der Waals surface area contributed by atoms with Gasteiger partial charge >= 0.3 is 0 Å². The van der Waals surface area contributed by atoms with Gasteiger partial charge in [0.15, 0.2) is 28.8 Å². The molecule has 1 aliphatic rings. The number of benzene rings is 2. The van der Waals surface area contributed by atoms with E-state index in [0.717, 1.165) is 37.0 Å². The average Bonchev–Trinajstić information content (AvgIpc) is 3.09. The van der Waals surface area contributed by atoms with Gasteiger partial charge in [0.05, 0.1) is 33.5 Å². The molecule has 34 heavy (non-hydrogen) atoms. The molecule has 0 radical (unpaired) electrons. The van der Waals surface area contributed by atoms with Gasteiger partial charge in [0.2, 0.25) is 0 Å². The van der Waals surface area contributed by atoms with Gasteiger partial charge in [0, 0.05) is 11.5 Å². The molecule has 0 aliphatic carbocycles. The summed E-state index contributed by atoms with van der Waals surface area (Å²) >= 11 is 0. The van der Waals surface area contributed by atoms with E-state index in [9.17, 15) is 5.11 Å². The maximum Gasteiger partial charge on any atom is 0.196 e. The summed E-state index contributed by atoms with van der Waals surface area (Å²) in [5, 5.41) is 11.7. The van der Waals surface area contributed by atoms with Crippen molar-refractivity contribution in [2.45, 2.75) is 65.3 Å². The zero-order chi connectivity index (χ0) is 24.7. The van der Waals surface area contributed by atoms with E-state index < -0.39 is 5.79 Å². The maximum absolute atomic E-state index is 11.7. The minimum absolute atomic E-state index is 0.0630. The molecule has 1 saturated heterocycles. The van der Waals surface area contributed by atoms with Crippen LogP contribution in [0.1, 0.15) is 70.6 Å². The lowest BCUT2D eigenvalue weighted by Gasteiger charge is -2.29. The van der Waals surface area contributed by atoms with Gasteiger partial charge in [-0.25, -0.2) is 0 Å². The Morgan fingerprint density at radius 2 is 1.38 bits per heavy atom. The van der Waals surface area contributed by atoms with E-state index in [4.69, 9.17) is 23.7 Å². The second-order valence-electron chi connectivity index (χ2n) is 9.06. The average molecular weight is 473 g/mol. The van der Waals surface area contributed by atoms with Crippen molar-refractivity contribution in [1.82, 2.24) is 0 Å². The summed E-state index contributed by atoms with van der Waals surface area (Å²) in [7, 11) is 3.25. The van der Waals surface area contributed by atoms with Crippen LogP contribution in [0.2, 0.25) is 0 Å². The third kappa shape index (κ3) is 5.44. The Morgan fingerprint density at radius 1 is 0.824 bits per heavy atom. The predicted molar refractivity (Wildman–Crippen MR) is 133 cm³/mol. The Morgan fingerprint density at radius 3 is 1.94 bits per heavy atom. The minimum Gasteiger partial charge on any atom is -0.493 e. The zero-order valence-electron chi connectivity index (χ0n) is 21.4. The van der Waals surface area contributed by atoms with E-state index in [1.165, 1.54) is 0 Å². The molecular weight excluding hydrogens is 432 g/mol. The fourth-order valence-electron chi connectivity index (χ4n) is 4.37.